The number of benzene rings is 1. The van der Waals surface area contributed by atoms with E-state index in [-0.39, 0.29) is 23.5 Å². The van der Waals surface area contributed by atoms with Crippen LogP contribution in [0, 0.1) is 39.5 Å². The first-order valence-corrected chi connectivity index (χ1v) is 14.7. The van der Waals surface area contributed by atoms with E-state index in [4.69, 9.17) is 4.74 Å². The van der Waals surface area contributed by atoms with Crippen LogP contribution in [0.15, 0.2) is 52.6 Å². The molecule has 7 unspecified atom stereocenters. The molecule has 40 heavy (non-hydrogen) atoms. The maximum absolute atomic E-state index is 12.5. The maximum atomic E-state index is 12.5. The minimum absolute atomic E-state index is 0.0801. The minimum Gasteiger partial charge on any atom is -0.595 e. The van der Waals surface area contributed by atoms with Crippen molar-refractivity contribution in [1.82, 2.24) is 0 Å². The number of nitrogens with one attached hydrogen (secondary N) is 2. The third kappa shape index (κ3) is 6.75. The number of hydrogen-bond acceptors (Lipinski definition) is 6. The standard InChI is InChI=1S/C32H46N2O6/c1-20(19-40-31(35)24-15-25(33(36)37)17-26(16-24)34(38)39)7-6-8-21(2)28-13-14-32(5)18-29-23(4)9-11-27(29)22(3)10-12-30(28)32/h7,10,15-17,21,27-28,30,33-34,36,38H,6,8-9,11-14,18-19H2,1-5H3. The van der Waals surface area contributed by atoms with Crippen LogP contribution in [0.3, 0.4) is 0 Å². The number of esters is 1. The number of rotatable bonds is 9. The van der Waals surface area contributed by atoms with Crippen LogP contribution in [0.25, 0.3) is 0 Å². The van der Waals surface area contributed by atoms with Gasteiger partial charge in [0.15, 0.2) is 11.4 Å². The lowest BCUT2D eigenvalue weighted by Crippen LogP contribution is -3.00. The molecule has 0 spiro atoms. The number of ether oxygens (including phenoxy) is 1. The number of fused-ring (bicyclic) bond motifs is 2. The van der Waals surface area contributed by atoms with Gasteiger partial charge in [0.25, 0.3) is 0 Å². The van der Waals surface area contributed by atoms with Gasteiger partial charge in [-0.1, -0.05) is 42.7 Å². The van der Waals surface area contributed by atoms with Crippen molar-refractivity contribution in [3.05, 3.63) is 68.6 Å². The SMILES string of the molecule is CC(=CCCC(C)C1CCC2(C)CC3=C(C)CCC3C(C)=CCC12)COC(=O)c1cc([NH+]([O-])O)cc([NH+]([O-])O)c1. The molecule has 8 nitrogen and oxygen atoms in total. The maximum Gasteiger partial charge on any atom is 0.338 e. The molecule has 3 aliphatic carbocycles. The van der Waals surface area contributed by atoms with E-state index in [0.29, 0.717) is 29.1 Å². The Kier molecular flexibility index (Phi) is 9.70. The van der Waals surface area contributed by atoms with Gasteiger partial charge in [-0.15, -0.1) is 0 Å². The first-order chi connectivity index (χ1) is 18.9. The van der Waals surface area contributed by atoms with Gasteiger partial charge in [0, 0.05) is 18.1 Å². The van der Waals surface area contributed by atoms with Gasteiger partial charge in [-0.3, -0.25) is 0 Å². The number of carbonyl (C=O) groups excluding carboxylic acids is 1. The Morgan fingerprint density at radius 2 is 1.85 bits per heavy atom. The Morgan fingerprint density at radius 1 is 1.18 bits per heavy atom. The lowest BCUT2D eigenvalue weighted by molar-refractivity contribution is -0.996. The summed E-state index contributed by atoms with van der Waals surface area (Å²) in [5, 5.41) is 38.5. The minimum atomic E-state index is -1.30. The van der Waals surface area contributed by atoms with Crippen LogP contribution in [0.5, 0.6) is 0 Å². The summed E-state index contributed by atoms with van der Waals surface area (Å²) >= 11 is 0. The van der Waals surface area contributed by atoms with Gasteiger partial charge in [-0.2, -0.15) is 10.5 Å². The van der Waals surface area contributed by atoms with Crippen LogP contribution in [-0.4, -0.2) is 23.0 Å². The third-order valence-electron chi connectivity index (χ3n) is 10.0. The van der Waals surface area contributed by atoms with E-state index in [1.807, 2.05) is 6.92 Å². The Morgan fingerprint density at radius 3 is 2.50 bits per heavy atom. The molecule has 3 aliphatic rings. The fraction of sp³-hybridized carbons (Fsp3) is 0.594. The number of allylic oxidation sites excluding steroid dienone is 5. The van der Waals surface area contributed by atoms with Crippen LogP contribution in [0.4, 0.5) is 11.4 Å². The molecule has 4 N–H and O–H groups in total. The smallest absolute Gasteiger partial charge is 0.338 e. The zero-order valence-electron chi connectivity index (χ0n) is 24.6. The van der Waals surface area contributed by atoms with Crippen LogP contribution in [0.1, 0.15) is 96.3 Å². The predicted molar refractivity (Wildman–Crippen MR) is 153 cm³/mol. The third-order valence-corrected chi connectivity index (χ3v) is 10.0. The van der Waals surface area contributed by atoms with Crippen molar-refractivity contribution >= 4 is 17.3 Å². The highest BCUT2D eigenvalue weighted by atomic mass is 16.8. The fourth-order valence-corrected chi connectivity index (χ4v) is 7.54. The van der Waals surface area contributed by atoms with Crippen LogP contribution < -0.4 is 10.5 Å². The first-order valence-electron chi connectivity index (χ1n) is 14.7. The molecule has 0 heterocycles. The van der Waals surface area contributed by atoms with Crippen molar-refractivity contribution in [2.24, 2.45) is 29.1 Å². The molecule has 0 bridgehead atoms. The zero-order valence-corrected chi connectivity index (χ0v) is 24.6. The summed E-state index contributed by atoms with van der Waals surface area (Å²) in [5.41, 5.74) is 5.64. The molecule has 4 rings (SSSR count). The lowest BCUT2D eigenvalue weighted by Gasteiger charge is -2.39. The summed E-state index contributed by atoms with van der Waals surface area (Å²) in [7, 11) is 0. The van der Waals surface area contributed by atoms with E-state index < -0.39 is 16.4 Å². The predicted octanol–water partition coefficient (Wildman–Crippen LogP) is 5.51. The van der Waals surface area contributed by atoms with Crippen LogP contribution >= 0.6 is 0 Å². The molecule has 0 radical (unpaired) electrons. The highest BCUT2D eigenvalue weighted by molar-refractivity contribution is 5.91. The van der Waals surface area contributed by atoms with Crippen molar-refractivity contribution in [2.75, 3.05) is 6.61 Å². The zero-order chi connectivity index (χ0) is 29.2. The van der Waals surface area contributed by atoms with E-state index in [2.05, 4.69) is 39.8 Å². The van der Waals surface area contributed by atoms with Crippen molar-refractivity contribution in [2.45, 2.75) is 86.0 Å². The topological polar surface area (TPSA) is 122 Å². The van der Waals surface area contributed by atoms with E-state index in [0.717, 1.165) is 36.6 Å². The summed E-state index contributed by atoms with van der Waals surface area (Å²) in [6.45, 7) is 11.6. The molecular formula is C32H46N2O6. The number of hydrogen-bond donors (Lipinski definition) is 4. The normalized spacial score (nSPS) is 29.2. The summed E-state index contributed by atoms with van der Waals surface area (Å²) in [6, 6.07) is 3.31. The molecule has 7 atom stereocenters. The second-order valence-electron chi connectivity index (χ2n) is 12.8. The van der Waals surface area contributed by atoms with Crippen LogP contribution in [-0.2, 0) is 4.74 Å². The van der Waals surface area contributed by atoms with Gasteiger partial charge < -0.3 is 15.2 Å². The van der Waals surface area contributed by atoms with Gasteiger partial charge in [-0.25, -0.2) is 15.2 Å². The van der Waals surface area contributed by atoms with E-state index in [1.54, 1.807) is 16.7 Å². The second kappa shape index (κ2) is 12.7. The lowest BCUT2D eigenvalue weighted by atomic mass is 9.65. The van der Waals surface area contributed by atoms with Crippen molar-refractivity contribution in [1.29, 1.82) is 0 Å². The molecule has 1 aromatic carbocycles. The Balaban J connectivity index is 1.33. The fourth-order valence-electron chi connectivity index (χ4n) is 7.54. The summed E-state index contributed by atoms with van der Waals surface area (Å²) in [6.07, 6.45) is 14.3. The summed E-state index contributed by atoms with van der Waals surface area (Å²) < 4.78 is 5.38. The average Bonchev–Trinajstić information content (AvgIpc) is 3.43. The Hall–Kier alpha value is -2.33. The molecule has 0 aromatic heterocycles. The van der Waals surface area contributed by atoms with Gasteiger partial charge in [0.05, 0.1) is 11.6 Å². The highest BCUT2D eigenvalue weighted by Crippen LogP contribution is 2.58. The molecule has 0 aliphatic heterocycles. The summed E-state index contributed by atoms with van der Waals surface area (Å²) in [4.78, 5) is 12.5. The molecule has 0 amide bonds. The largest absolute Gasteiger partial charge is 0.595 e. The molecule has 220 valence electrons. The molecule has 1 aromatic rings. The first kappa shape index (κ1) is 30.6. The van der Waals surface area contributed by atoms with Crippen molar-refractivity contribution in [3.8, 4) is 0 Å². The summed E-state index contributed by atoms with van der Waals surface area (Å²) in [5.74, 6) is 1.97. The monoisotopic (exact) mass is 554 g/mol. The van der Waals surface area contributed by atoms with Gasteiger partial charge in [0.2, 0.25) is 0 Å². The van der Waals surface area contributed by atoms with Gasteiger partial charge >= 0.3 is 5.97 Å². The van der Waals surface area contributed by atoms with E-state index >= 15 is 0 Å². The number of quaternary nitrogens is 2. The van der Waals surface area contributed by atoms with E-state index in [1.165, 1.54) is 38.5 Å². The van der Waals surface area contributed by atoms with Crippen LogP contribution in [0.2, 0.25) is 0 Å². The average molecular weight is 555 g/mol. The van der Waals surface area contributed by atoms with Gasteiger partial charge in [-0.05, 0) is 101 Å². The molecular weight excluding hydrogens is 508 g/mol. The Labute approximate surface area is 238 Å². The quantitative estimate of drug-likeness (QED) is 0.181. The molecule has 1 saturated carbocycles. The molecule has 1 fully saturated rings. The number of carbonyl (C=O) groups is 1. The van der Waals surface area contributed by atoms with E-state index in [9.17, 15) is 25.6 Å². The Bertz CT molecular complexity index is 1160. The highest BCUT2D eigenvalue weighted by Gasteiger charge is 2.48. The van der Waals surface area contributed by atoms with Crippen molar-refractivity contribution < 1.29 is 30.4 Å². The molecule has 8 heteroatoms. The van der Waals surface area contributed by atoms with Crippen molar-refractivity contribution in [3.63, 3.8) is 0 Å². The molecule has 0 saturated heterocycles. The van der Waals surface area contributed by atoms with Gasteiger partial charge in [0.1, 0.15) is 6.61 Å². The second-order valence-corrected chi connectivity index (χ2v) is 12.8.